The third-order valence-corrected chi connectivity index (χ3v) is 3.09. The minimum Gasteiger partial charge on any atom is -0.399 e. The molecule has 16 heavy (non-hydrogen) atoms. The molecule has 3 N–H and O–H groups in total. The van der Waals surface area contributed by atoms with Crippen molar-refractivity contribution in [1.82, 2.24) is 0 Å². The summed E-state index contributed by atoms with van der Waals surface area (Å²) in [5, 5.41) is 8.37. The van der Waals surface area contributed by atoms with E-state index in [9.17, 15) is 8.42 Å². The van der Waals surface area contributed by atoms with Crippen LogP contribution in [0.15, 0.2) is 12.1 Å². The van der Waals surface area contributed by atoms with Gasteiger partial charge in [0.25, 0.3) is 0 Å². The summed E-state index contributed by atoms with van der Waals surface area (Å²) in [6.07, 6.45) is 0. The molecule has 0 bridgehead atoms. The number of rotatable bonds is 3. The number of nitrogens with two attached hydrogens (primary N) is 1. The molecule has 1 aromatic rings. The Morgan fingerprint density at radius 2 is 1.88 bits per heavy atom. The van der Waals surface area contributed by atoms with Crippen molar-refractivity contribution in [2.45, 2.75) is 13.8 Å². The van der Waals surface area contributed by atoms with E-state index in [0.717, 1.165) is 11.1 Å². The Labute approximate surface area is 94.9 Å². The van der Waals surface area contributed by atoms with Gasteiger partial charge in [0.2, 0.25) is 10.0 Å². The molecule has 86 valence electrons. The van der Waals surface area contributed by atoms with E-state index < -0.39 is 15.8 Å². The molecule has 0 aliphatic rings. The van der Waals surface area contributed by atoms with Crippen molar-refractivity contribution in [1.29, 1.82) is 5.26 Å². The van der Waals surface area contributed by atoms with Crippen molar-refractivity contribution in [3.05, 3.63) is 23.3 Å². The van der Waals surface area contributed by atoms with Gasteiger partial charge in [-0.15, -0.1) is 0 Å². The minimum atomic E-state index is -3.59. The van der Waals surface area contributed by atoms with E-state index in [1.807, 2.05) is 0 Å². The smallest absolute Gasteiger partial charge is 0.246 e. The van der Waals surface area contributed by atoms with E-state index >= 15 is 0 Å². The summed E-state index contributed by atoms with van der Waals surface area (Å²) >= 11 is 0. The van der Waals surface area contributed by atoms with Gasteiger partial charge in [0.15, 0.2) is 5.75 Å². The molecule has 0 saturated heterocycles. The lowest BCUT2D eigenvalue weighted by Crippen LogP contribution is -2.17. The Hall–Kier alpha value is -1.74. The Morgan fingerprint density at radius 1 is 1.38 bits per heavy atom. The molecule has 0 radical (unpaired) electrons. The van der Waals surface area contributed by atoms with Crippen LogP contribution in [0.3, 0.4) is 0 Å². The van der Waals surface area contributed by atoms with Crippen LogP contribution in [0.5, 0.6) is 0 Å². The Bertz CT molecular complexity index is 521. The molecule has 0 aliphatic carbocycles. The normalized spacial score (nSPS) is 10.8. The molecule has 0 atom stereocenters. The zero-order valence-corrected chi connectivity index (χ0v) is 9.93. The Kier molecular flexibility index (Phi) is 3.40. The first-order valence-electron chi connectivity index (χ1n) is 4.60. The van der Waals surface area contributed by atoms with Crippen molar-refractivity contribution in [3.63, 3.8) is 0 Å². The molecule has 0 heterocycles. The molecule has 5 nitrogen and oxygen atoms in total. The fourth-order valence-electron chi connectivity index (χ4n) is 1.43. The number of nitrogen functional groups attached to an aromatic ring is 1. The van der Waals surface area contributed by atoms with E-state index in [2.05, 4.69) is 4.72 Å². The highest BCUT2D eigenvalue weighted by atomic mass is 32.2. The van der Waals surface area contributed by atoms with E-state index in [4.69, 9.17) is 11.0 Å². The molecule has 0 aliphatic heterocycles. The first-order valence-corrected chi connectivity index (χ1v) is 6.25. The second-order valence-electron chi connectivity index (χ2n) is 3.55. The highest BCUT2D eigenvalue weighted by molar-refractivity contribution is 7.92. The van der Waals surface area contributed by atoms with Gasteiger partial charge in [-0.1, -0.05) is 0 Å². The number of nitrogens with zero attached hydrogens (tertiary/aromatic N) is 1. The fourth-order valence-corrected chi connectivity index (χ4v) is 2.31. The lowest BCUT2D eigenvalue weighted by Gasteiger charge is -2.12. The van der Waals surface area contributed by atoms with Gasteiger partial charge in [0.1, 0.15) is 0 Å². The predicted molar refractivity (Wildman–Crippen MR) is 63.4 cm³/mol. The average molecular weight is 239 g/mol. The maximum Gasteiger partial charge on any atom is 0.246 e. The monoisotopic (exact) mass is 239 g/mol. The molecule has 0 spiro atoms. The molecule has 0 fully saturated rings. The molecule has 0 unspecified atom stereocenters. The zero-order chi connectivity index (χ0) is 12.3. The van der Waals surface area contributed by atoms with Crippen LogP contribution in [0, 0.1) is 25.2 Å². The van der Waals surface area contributed by atoms with Crippen molar-refractivity contribution in [2.75, 3.05) is 16.2 Å². The topological polar surface area (TPSA) is 96.0 Å². The van der Waals surface area contributed by atoms with Crippen LogP contribution in [0.4, 0.5) is 11.4 Å². The summed E-state index contributed by atoms with van der Waals surface area (Å²) in [6.45, 7) is 3.52. The van der Waals surface area contributed by atoms with Gasteiger partial charge in [-0.2, -0.15) is 5.26 Å². The number of nitriles is 1. The summed E-state index contributed by atoms with van der Waals surface area (Å²) in [5.74, 6) is -0.559. The van der Waals surface area contributed by atoms with Gasteiger partial charge in [-0.3, -0.25) is 4.72 Å². The molecular formula is C10H13N3O2S. The minimum absolute atomic E-state index is 0.490. The van der Waals surface area contributed by atoms with Crippen molar-refractivity contribution >= 4 is 21.4 Å². The SMILES string of the molecule is Cc1cc(N)cc(C)c1NS(=O)(=O)CC#N. The summed E-state index contributed by atoms with van der Waals surface area (Å²) < 4.78 is 25.2. The summed E-state index contributed by atoms with van der Waals surface area (Å²) in [4.78, 5) is 0. The third-order valence-electron chi connectivity index (χ3n) is 2.07. The second-order valence-corrected chi connectivity index (χ2v) is 5.27. The molecular weight excluding hydrogens is 226 g/mol. The Morgan fingerprint density at radius 3 is 2.31 bits per heavy atom. The van der Waals surface area contributed by atoms with Crippen LogP contribution in [-0.4, -0.2) is 14.2 Å². The van der Waals surface area contributed by atoms with Gasteiger partial charge in [-0.25, -0.2) is 8.42 Å². The van der Waals surface area contributed by atoms with Crippen LogP contribution >= 0.6 is 0 Å². The van der Waals surface area contributed by atoms with E-state index in [-0.39, 0.29) is 0 Å². The van der Waals surface area contributed by atoms with Crippen LogP contribution in [0.2, 0.25) is 0 Å². The standard InChI is InChI=1S/C10H13N3O2S/c1-7-5-9(12)6-8(2)10(7)13-16(14,15)4-3-11/h5-6,13H,4,12H2,1-2H3. The molecule has 1 aromatic carbocycles. The number of hydrogen-bond donors (Lipinski definition) is 2. The molecule has 6 heteroatoms. The second kappa shape index (κ2) is 4.41. The first-order chi connectivity index (χ1) is 7.35. The fraction of sp³-hybridized carbons (Fsp3) is 0.300. The predicted octanol–water partition coefficient (Wildman–Crippen LogP) is 1.15. The van der Waals surface area contributed by atoms with E-state index in [0.29, 0.717) is 11.4 Å². The molecule has 0 aromatic heterocycles. The molecule has 0 amide bonds. The number of aryl methyl sites for hydroxylation is 2. The van der Waals surface area contributed by atoms with Crippen molar-refractivity contribution in [2.24, 2.45) is 0 Å². The van der Waals surface area contributed by atoms with E-state index in [1.54, 1.807) is 32.0 Å². The van der Waals surface area contributed by atoms with Crippen LogP contribution < -0.4 is 10.5 Å². The molecule has 0 saturated carbocycles. The maximum absolute atomic E-state index is 11.4. The van der Waals surface area contributed by atoms with Gasteiger partial charge < -0.3 is 5.73 Å². The quantitative estimate of drug-likeness (QED) is 0.773. The summed E-state index contributed by atoms with van der Waals surface area (Å²) in [5.41, 5.74) is 8.16. The van der Waals surface area contributed by atoms with E-state index in [1.165, 1.54) is 0 Å². The highest BCUT2D eigenvalue weighted by Gasteiger charge is 2.13. The average Bonchev–Trinajstić information content (AvgIpc) is 2.11. The number of sulfonamides is 1. The lowest BCUT2D eigenvalue weighted by atomic mass is 10.1. The Balaban J connectivity index is 3.13. The largest absolute Gasteiger partial charge is 0.399 e. The first kappa shape index (κ1) is 12.3. The van der Waals surface area contributed by atoms with Crippen molar-refractivity contribution < 1.29 is 8.42 Å². The number of anilines is 2. The highest BCUT2D eigenvalue weighted by Crippen LogP contribution is 2.24. The van der Waals surface area contributed by atoms with Gasteiger partial charge >= 0.3 is 0 Å². The summed E-state index contributed by atoms with van der Waals surface area (Å²) in [7, 11) is -3.59. The van der Waals surface area contributed by atoms with Crippen molar-refractivity contribution in [3.8, 4) is 6.07 Å². The van der Waals surface area contributed by atoms with Gasteiger partial charge in [0.05, 0.1) is 11.8 Å². The molecule has 1 rings (SSSR count). The van der Waals surface area contributed by atoms with Gasteiger partial charge in [0, 0.05) is 5.69 Å². The summed E-state index contributed by atoms with van der Waals surface area (Å²) in [6, 6.07) is 4.96. The van der Waals surface area contributed by atoms with Crippen LogP contribution in [-0.2, 0) is 10.0 Å². The number of benzene rings is 1. The van der Waals surface area contributed by atoms with Crippen LogP contribution in [0.1, 0.15) is 11.1 Å². The number of hydrogen-bond acceptors (Lipinski definition) is 4. The van der Waals surface area contributed by atoms with Crippen LogP contribution in [0.25, 0.3) is 0 Å². The van der Waals surface area contributed by atoms with Gasteiger partial charge in [-0.05, 0) is 37.1 Å². The zero-order valence-electron chi connectivity index (χ0n) is 9.11. The number of nitrogens with one attached hydrogen (secondary N) is 1. The maximum atomic E-state index is 11.4. The lowest BCUT2D eigenvalue weighted by molar-refractivity contribution is 0.604. The third kappa shape index (κ3) is 2.87.